The van der Waals surface area contributed by atoms with Gasteiger partial charge >= 0.3 is 6.09 Å². The molecule has 0 aromatic heterocycles. The summed E-state index contributed by atoms with van der Waals surface area (Å²) in [6.07, 6.45) is -0.0691. The first-order chi connectivity index (χ1) is 16.7. The van der Waals surface area contributed by atoms with E-state index in [4.69, 9.17) is 4.74 Å². The third-order valence-electron chi connectivity index (χ3n) is 6.11. The second-order valence-corrected chi connectivity index (χ2v) is 10.8. The van der Waals surface area contributed by atoms with Crippen LogP contribution in [0.1, 0.15) is 76.3 Å². The second kappa shape index (κ2) is 12.1. The highest BCUT2D eigenvalue weighted by Crippen LogP contribution is 2.33. The quantitative estimate of drug-likeness (QED) is 0.500. The zero-order chi connectivity index (χ0) is 27.1. The number of aryl methyl sites for hydroxylation is 2. The summed E-state index contributed by atoms with van der Waals surface area (Å²) >= 11 is 0. The predicted molar refractivity (Wildman–Crippen MR) is 142 cm³/mol. The molecule has 0 bridgehead atoms. The van der Waals surface area contributed by atoms with Gasteiger partial charge in [0.2, 0.25) is 11.8 Å². The first-order valence-electron chi connectivity index (χ1n) is 12.4. The fourth-order valence-electron chi connectivity index (χ4n) is 3.88. The van der Waals surface area contributed by atoms with Crippen molar-refractivity contribution in [3.8, 4) is 0 Å². The van der Waals surface area contributed by atoms with Crippen LogP contribution in [0.4, 0.5) is 4.79 Å². The molecule has 2 N–H and O–H groups in total. The molecule has 2 aromatic rings. The van der Waals surface area contributed by atoms with Gasteiger partial charge in [0.05, 0.1) is 0 Å². The van der Waals surface area contributed by atoms with E-state index in [-0.39, 0.29) is 18.4 Å². The van der Waals surface area contributed by atoms with Crippen molar-refractivity contribution < 1.29 is 19.1 Å². The summed E-state index contributed by atoms with van der Waals surface area (Å²) in [6.45, 7) is 15.1. The van der Waals surface area contributed by atoms with E-state index in [0.29, 0.717) is 13.0 Å². The molecule has 0 aliphatic heterocycles. The Labute approximate surface area is 215 Å². The molecule has 0 saturated carbocycles. The zero-order valence-corrected chi connectivity index (χ0v) is 22.9. The Morgan fingerprint density at radius 3 is 2.17 bits per heavy atom. The van der Waals surface area contributed by atoms with E-state index in [9.17, 15) is 14.4 Å². The topological polar surface area (TPSA) is 87.7 Å². The molecule has 0 saturated heterocycles. The van der Waals surface area contributed by atoms with Gasteiger partial charge in [-0.1, -0.05) is 61.0 Å². The van der Waals surface area contributed by atoms with Crippen LogP contribution in [-0.4, -0.2) is 40.5 Å². The predicted octanol–water partition coefficient (Wildman–Crippen LogP) is 5.20. The van der Waals surface area contributed by atoms with Crippen molar-refractivity contribution in [2.24, 2.45) is 0 Å². The summed E-state index contributed by atoms with van der Waals surface area (Å²) in [5.41, 5.74) is 2.26. The minimum Gasteiger partial charge on any atom is -0.444 e. The van der Waals surface area contributed by atoms with Gasteiger partial charge in [-0.15, -0.1) is 0 Å². The number of amides is 3. The highest BCUT2D eigenvalue weighted by molar-refractivity contribution is 5.91. The molecule has 2 aromatic carbocycles. The standard InChI is InChI=1S/C29H41N3O4/c1-9-29(7,8)32(24(33)19-31-27(35)36-28(4,5)6)25(23-17-20(2)15-16-21(23)3)26(34)30-18-22-13-11-10-12-14-22/h10-17,25H,9,18-19H2,1-8H3,(H,30,34)(H,31,35). The number of benzene rings is 2. The van der Waals surface area contributed by atoms with E-state index in [2.05, 4.69) is 10.6 Å². The molecule has 0 aliphatic rings. The van der Waals surface area contributed by atoms with E-state index in [1.807, 2.05) is 83.1 Å². The Hall–Kier alpha value is -3.35. The highest BCUT2D eigenvalue weighted by atomic mass is 16.6. The molecule has 0 radical (unpaired) electrons. The lowest BCUT2D eigenvalue weighted by Crippen LogP contribution is -2.56. The summed E-state index contributed by atoms with van der Waals surface area (Å²) in [4.78, 5) is 41.3. The van der Waals surface area contributed by atoms with Crippen molar-refractivity contribution in [2.45, 2.75) is 85.5 Å². The number of carbonyl (C=O) groups excluding carboxylic acids is 3. The Morgan fingerprint density at radius 2 is 1.58 bits per heavy atom. The Kier molecular flexibility index (Phi) is 9.68. The number of hydrogen-bond donors (Lipinski definition) is 2. The molecular weight excluding hydrogens is 454 g/mol. The molecule has 0 aliphatic carbocycles. The number of hydrogen-bond acceptors (Lipinski definition) is 4. The van der Waals surface area contributed by atoms with Crippen LogP contribution in [0.25, 0.3) is 0 Å². The minimum absolute atomic E-state index is 0.278. The van der Waals surface area contributed by atoms with Gasteiger partial charge in [0.25, 0.3) is 0 Å². The van der Waals surface area contributed by atoms with Gasteiger partial charge in [-0.3, -0.25) is 9.59 Å². The van der Waals surface area contributed by atoms with Gasteiger partial charge in [-0.25, -0.2) is 4.79 Å². The average Bonchev–Trinajstić information content (AvgIpc) is 2.80. The molecule has 0 fully saturated rings. The fourth-order valence-corrected chi connectivity index (χ4v) is 3.88. The van der Waals surface area contributed by atoms with Crippen LogP contribution in [-0.2, 0) is 20.9 Å². The van der Waals surface area contributed by atoms with Crippen LogP contribution in [0, 0.1) is 13.8 Å². The summed E-state index contributed by atoms with van der Waals surface area (Å²) in [7, 11) is 0. The van der Waals surface area contributed by atoms with Crippen LogP contribution < -0.4 is 10.6 Å². The SMILES string of the molecule is CCC(C)(C)N(C(=O)CNC(=O)OC(C)(C)C)C(C(=O)NCc1ccccc1)c1cc(C)ccc1C. The summed E-state index contributed by atoms with van der Waals surface area (Å²) in [6, 6.07) is 14.7. The fraction of sp³-hybridized carbons (Fsp3) is 0.483. The summed E-state index contributed by atoms with van der Waals surface area (Å²) < 4.78 is 5.29. The lowest BCUT2D eigenvalue weighted by atomic mass is 9.90. The molecule has 196 valence electrons. The van der Waals surface area contributed by atoms with E-state index >= 15 is 0 Å². The molecule has 36 heavy (non-hydrogen) atoms. The molecule has 1 atom stereocenters. The van der Waals surface area contributed by atoms with E-state index in [1.54, 1.807) is 25.7 Å². The van der Waals surface area contributed by atoms with Gasteiger partial charge < -0.3 is 20.3 Å². The lowest BCUT2D eigenvalue weighted by Gasteiger charge is -2.43. The Morgan fingerprint density at radius 1 is 0.944 bits per heavy atom. The lowest BCUT2D eigenvalue weighted by molar-refractivity contribution is -0.146. The molecule has 1 unspecified atom stereocenters. The van der Waals surface area contributed by atoms with Crippen LogP contribution in [0.3, 0.4) is 0 Å². The van der Waals surface area contributed by atoms with E-state index in [1.165, 1.54) is 0 Å². The maximum absolute atomic E-state index is 13.8. The maximum atomic E-state index is 13.8. The van der Waals surface area contributed by atoms with Crippen LogP contribution in [0.15, 0.2) is 48.5 Å². The van der Waals surface area contributed by atoms with Gasteiger partial charge in [-0.2, -0.15) is 0 Å². The second-order valence-electron chi connectivity index (χ2n) is 10.8. The summed E-state index contributed by atoms with van der Waals surface area (Å²) in [5, 5.41) is 5.59. The highest BCUT2D eigenvalue weighted by Gasteiger charge is 2.40. The number of nitrogens with one attached hydrogen (secondary N) is 2. The number of nitrogens with zero attached hydrogens (tertiary/aromatic N) is 1. The van der Waals surface area contributed by atoms with Gasteiger partial charge in [0, 0.05) is 12.1 Å². The van der Waals surface area contributed by atoms with Crippen molar-refractivity contribution in [2.75, 3.05) is 6.54 Å². The van der Waals surface area contributed by atoms with Crippen molar-refractivity contribution in [3.05, 3.63) is 70.8 Å². The molecule has 7 nitrogen and oxygen atoms in total. The number of ether oxygens (including phenoxy) is 1. The third-order valence-corrected chi connectivity index (χ3v) is 6.11. The zero-order valence-electron chi connectivity index (χ0n) is 22.9. The molecule has 3 amide bonds. The largest absolute Gasteiger partial charge is 0.444 e. The van der Waals surface area contributed by atoms with Crippen molar-refractivity contribution in [1.29, 1.82) is 0 Å². The van der Waals surface area contributed by atoms with Crippen molar-refractivity contribution in [1.82, 2.24) is 15.5 Å². The van der Waals surface area contributed by atoms with E-state index in [0.717, 1.165) is 22.3 Å². The Balaban J connectivity index is 2.45. The number of alkyl carbamates (subject to hydrolysis) is 1. The van der Waals surface area contributed by atoms with Gasteiger partial charge in [-0.05, 0) is 71.6 Å². The molecule has 0 spiro atoms. The minimum atomic E-state index is -0.878. The van der Waals surface area contributed by atoms with Crippen LogP contribution in [0.2, 0.25) is 0 Å². The monoisotopic (exact) mass is 495 g/mol. The maximum Gasteiger partial charge on any atom is 0.408 e. The third kappa shape index (κ3) is 8.11. The smallest absolute Gasteiger partial charge is 0.408 e. The van der Waals surface area contributed by atoms with Gasteiger partial charge in [0.1, 0.15) is 18.2 Å². The van der Waals surface area contributed by atoms with Gasteiger partial charge in [0.15, 0.2) is 0 Å². The number of carbonyl (C=O) groups is 3. The van der Waals surface area contributed by atoms with Crippen molar-refractivity contribution in [3.63, 3.8) is 0 Å². The normalized spacial score (nSPS) is 12.4. The summed E-state index contributed by atoms with van der Waals surface area (Å²) in [5.74, 6) is -0.645. The molecule has 2 rings (SSSR count). The van der Waals surface area contributed by atoms with Crippen LogP contribution in [0.5, 0.6) is 0 Å². The average molecular weight is 496 g/mol. The number of rotatable bonds is 9. The first kappa shape index (κ1) is 28.9. The van der Waals surface area contributed by atoms with Crippen molar-refractivity contribution >= 4 is 17.9 Å². The first-order valence-corrected chi connectivity index (χ1v) is 12.4. The molecule has 0 heterocycles. The van der Waals surface area contributed by atoms with Crippen LogP contribution >= 0.6 is 0 Å². The Bertz CT molecular complexity index is 1060. The van der Waals surface area contributed by atoms with E-state index < -0.39 is 23.3 Å². The molecule has 7 heteroatoms. The molecular formula is C29H41N3O4.